The molecule has 3 aromatic heterocycles. The molecule has 0 radical (unpaired) electrons. The number of amides is 1. The molecule has 2 atom stereocenters. The van der Waals surface area contributed by atoms with Gasteiger partial charge in [0.15, 0.2) is 0 Å². The second-order valence-corrected chi connectivity index (χ2v) is 9.52. The van der Waals surface area contributed by atoms with E-state index in [1.54, 1.807) is 19.4 Å². The number of aliphatic hydroxyl groups excluding tert-OH is 1. The number of nitrogens with one attached hydrogen (secondary N) is 2. The highest BCUT2D eigenvalue weighted by Crippen LogP contribution is 2.29. The summed E-state index contributed by atoms with van der Waals surface area (Å²) >= 11 is 1.50. The molecule has 1 amide bonds. The Bertz CT molecular complexity index is 1210. The number of ether oxygens (including phenoxy) is 2. The minimum atomic E-state index is -0.709. The predicted octanol–water partition coefficient (Wildman–Crippen LogP) is 1.60. The minimum absolute atomic E-state index is 0.00348. The van der Waals surface area contributed by atoms with Gasteiger partial charge in [0.05, 0.1) is 53.3 Å². The van der Waals surface area contributed by atoms with E-state index in [4.69, 9.17) is 9.47 Å². The van der Waals surface area contributed by atoms with Crippen LogP contribution in [0.3, 0.4) is 0 Å². The molecular weight excluding hydrogens is 468 g/mol. The first kappa shape index (κ1) is 23.9. The molecule has 2 aliphatic rings. The molecule has 0 bridgehead atoms. The maximum absolute atomic E-state index is 11.6. The number of hydrogen-bond donors (Lipinski definition) is 3. The van der Waals surface area contributed by atoms with Gasteiger partial charge in [0, 0.05) is 50.6 Å². The molecule has 0 unspecified atom stereocenters. The lowest BCUT2D eigenvalue weighted by atomic mass is 10.1. The van der Waals surface area contributed by atoms with E-state index in [0.29, 0.717) is 55.8 Å². The third-order valence-electron chi connectivity index (χ3n) is 6.02. The number of morpholine rings is 1. The van der Waals surface area contributed by atoms with Gasteiger partial charge in [0.1, 0.15) is 5.82 Å². The number of carbonyl (C=O) groups excluding carboxylic acids is 1. The summed E-state index contributed by atoms with van der Waals surface area (Å²) in [5, 5.41) is 17.2. The van der Waals surface area contributed by atoms with Crippen LogP contribution in [-0.4, -0.2) is 82.6 Å². The molecule has 3 aromatic rings. The molecule has 2 aliphatic heterocycles. The fourth-order valence-electron chi connectivity index (χ4n) is 4.29. The van der Waals surface area contributed by atoms with Crippen LogP contribution in [0.2, 0.25) is 0 Å². The summed E-state index contributed by atoms with van der Waals surface area (Å²) < 4.78 is 11.2. The molecule has 3 N–H and O–H groups in total. The van der Waals surface area contributed by atoms with Crippen molar-refractivity contribution in [1.29, 1.82) is 0 Å². The van der Waals surface area contributed by atoms with Gasteiger partial charge >= 0.3 is 0 Å². The van der Waals surface area contributed by atoms with Crippen molar-refractivity contribution in [3.63, 3.8) is 0 Å². The maximum Gasteiger partial charge on any atom is 0.235 e. The molecule has 11 heteroatoms. The number of aromatic nitrogens is 3. The number of hydrogen-bond acceptors (Lipinski definition) is 10. The number of thioether (sulfide) groups is 1. The van der Waals surface area contributed by atoms with Crippen LogP contribution in [0.5, 0.6) is 5.88 Å². The summed E-state index contributed by atoms with van der Waals surface area (Å²) in [5.74, 6) is 1.53. The Kier molecular flexibility index (Phi) is 7.40. The Morgan fingerprint density at radius 2 is 2.23 bits per heavy atom. The van der Waals surface area contributed by atoms with E-state index >= 15 is 0 Å². The highest BCUT2D eigenvalue weighted by Gasteiger charge is 2.24. The van der Waals surface area contributed by atoms with Crippen LogP contribution in [0.15, 0.2) is 41.4 Å². The van der Waals surface area contributed by atoms with Crippen LogP contribution in [0, 0.1) is 0 Å². The Morgan fingerprint density at radius 3 is 3.11 bits per heavy atom. The van der Waals surface area contributed by atoms with Crippen LogP contribution in [0.4, 0.5) is 5.82 Å². The number of rotatable bonds is 8. The Hall–Kier alpha value is -2.83. The Morgan fingerprint density at radius 1 is 1.31 bits per heavy atom. The molecular formula is C24H28N6O4S. The number of pyridine rings is 3. The van der Waals surface area contributed by atoms with E-state index in [9.17, 15) is 9.90 Å². The number of β-amino-alcohol motifs (C(OH)–C–C–N with tert-alkyl or cyclic N) is 1. The predicted molar refractivity (Wildman–Crippen MR) is 133 cm³/mol. The molecule has 5 rings (SSSR count). The topological polar surface area (TPSA) is 122 Å². The molecule has 0 aliphatic carbocycles. The van der Waals surface area contributed by atoms with Crippen molar-refractivity contribution in [1.82, 2.24) is 25.2 Å². The third-order valence-corrected chi connectivity index (χ3v) is 7.07. The number of methoxy groups -OCH3 is 1. The molecule has 0 saturated carbocycles. The van der Waals surface area contributed by atoms with Crippen molar-refractivity contribution in [3.8, 4) is 5.88 Å². The number of anilines is 1. The smallest absolute Gasteiger partial charge is 0.235 e. The molecule has 0 aromatic carbocycles. The number of aliphatic hydroxyl groups is 1. The fraction of sp³-hybridized carbons (Fsp3) is 0.417. The summed E-state index contributed by atoms with van der Waals surface area (Å²) in [5.41, 5.74) is 2.97. The van der Waals surface area contributed by atoms with E-state index in [1.165, 1.54) is 11.8 Å². The summed E-state index contributed by atoms with van der Waals surface area (Å²) in [6.45, 7) is 3.76. The average molecular weight is 497 g/mol. The van der Waals surface area contributed by atoms with Crippen LogP contribution in [0.1, 0.15) is 17.4 Å². The van der Waals surface area contributed by atoms with Gasteiger partial charge in [-0.2, -0.15) is 0 Å². The second-order valence-electron chi connectivity index (χ2n) is 8.51. The molecule has 10 nitrogen and oxygen atoms in total. The quantitative estimate of drug-likeness (QED) is 0.424. The molecule has 1 fully saturated rings. The lowest BCUT2D eigenvalue weighted by Gasteiger charge is -2.34. The summed E-state index contributed by atoms with van der Waals surface area (Å²) in [6, 6.07) is 9.39. The van der Waals surface area contributed by atoms with Crippen molar-refractivity contribution in [2.45, 2.75) is 23.6 Å². The summed E-state index contributed by atoms with van der Waals surface area (Å²) in [7, 11) is 1.57. The minimum Gasteiger partial charge on any atom is -0.481 e. The van der Waals surface area contributed by atoms with Gasteiger partial charge in [-0.05, 0) is 24.3 Å². The van der Waals surface area contributed by atoms with Gasteiger partial charge in [-0.25, -0.2) is 9.97 Å². The van der Waals surface area contributed by atoms with Crippen LogP contribution in [0.25, 0.3) is 11.0 Å². The molecule has 35 heavy (non-hydrogen) atoms. The zero-order valence-corrected chi connectivity index (χ0v) is 20.3. The van der Waals surface area contributed by atoms with E-state index in [1.807, 2.05) is 24.3 Å². The highest BCUT2D eigenvalue weighted by atomic mass is 32.2. The van der Waals surface area contributed by atoms with Crippen molar-refractivity contribution >= 4 is 34.5 Å². The summed E-state index contributed by atoms with van der Waals surface area (Å²) in [4.78, 5) is 28.2. The van der Waals surface area contributed by atoms with Crippen molar-refractivity contribution in [3.05, 3.63) is 47.8 Å². The van der Waals surface area contributed by atoms with Gasteiger partial charge < -0.3 is 25.2 Å². The monoisotopic (exact) mass is 496 g/mol. The van der Waals surface area contributed by atoms with E-state index < -0.39 is 6.10 Å². The third kappa shape index (κ3) is 5.71. The zero-order chi connectivity index (χ0) is 24.2. The maximum atomic E-state index is 11.6. The van der Waals surface area contributed by atoms with Gasteiger partial charge in [0.25, 0.3) is 0 Å². The van der Waals surface area contributed by atoms with Crippen molar-refractivity contribution < 1.29 is 19.4 Å². The van der Waals surface area contributed by atoms with Gasteiger partial charge in [-0.3, -0.25) is 14.7 Å². The normalized spacial score (nSPS) is 19.3. The summed E-state index contributed by atoms with van der Waals surface area (Å²) in [6.07, 6.45) is 0.982. The first-order chi connectivity index (χ1) is 17.1. The lowest BCUT2D eigenvalue weighted by molar-refractivity contribution is -0.113. The van der Waals surface area contributed by atoms with E-state index in [0.717, 1.165) is 28.2 Å². The average Bonchev–Trinajstić information content (AvgIpc) is 2.88. The molecule has 0 spiro atoms. The largest absolute Gasteiger partial charge is 0.481 e. The van der Waals surface area contributed by atoms with Crippen LogP contribution < -0.4 is 15.4 Å². The van der Waals surface area contributed by atoms with Crippen molar-refractivity contribution in [2.24, 2.45) is 0 Å². The first-order valence-corrected chi connectivity index (χ1v) is 12.5. The van der Waals surface area contributed by atoms with E-state index in [2.05, 4.69) is 30.5 Å². The highest BCUT2D eigenvalue weighted by molar-refractivity contribution is 8.00. The fourth-order valence-corrected chi connectivity index (χ4v) is 5.04. The number of fused-ring (bicyclic) bond motifs is 2. The zero-order valence-electron chi connectivity index (χ0n) is 19.4. The Labute approximate surface area is 207 Å². The van der Waals surface area contributed by atoms with Gasteiger partial charge in [-0.15, -0.1) is 11.8 Å². The van der Waals surface area contributed by atoms with Gasteiger partial charge in [-0.1, -0.05) is 0 Å². The Balaban J connectivity index is 1.15. The van der Waals surface area contributed by atoms with Crippen LogP contribution >= 0.6 is 11.8 Å². The van der Waals surface area contributed by atoms with Crippen LogP contribution in [-0.2, 0) is 16.1 Å². The van der Waals surface area contributed by atoms with Crippen molar-refractivity contribution in [2.75, 3.05) is 51.0 Å². The van der Waals surface area contributed by atoms with E-state index in [-0.39, 0.29) is 12.0 Å². The molecule has 1 saturated heterocycles. The molecule has 5 heterocycles. The standard InChI is InChI=1S/C24H28N6O4S/c1-33-22-5-3-18-23(29-22)17(6-7-26-18)19(31)13-30-8-9-34-16(12-30)11-25-10-15-2-4-20-24(27-15)28-21(32)14-35-20/h2-7,16,19,25,31H,8-14H2,1H3,(H,27,28,32)/t16-,19+/m1/s1. The number of nitrogens with zero attached hydrogens (tertiary/aromatic N) is 4. The lowest BCUT2D eigenvalue weighted by Crippen LogP contribution is -2.47. The SMILES string of the molecule is COc1ccc2nccc([C@@H](O)CN3CCO[C@H](CNCc4ccc5c(n4)NC(=O)CS5)C3)c2n1. The second kappa shape index (κ2) is 10.8. The first-order valence-electron chi connectivity index (χ1n) is 11.5. The molecule has 184 valence electrons. The van der Waals surface area contributed by atoms with Gasteiger partial charge in [0.2, 0.25) is 11.8 Å². The number of carbonyl (C=O) groups is 1.